The minimum atomic E-state index is -4.94. The fourth-order valence-electron chi connectivity index (χ4n) is 2.47. The number of amides is 1. The van der Waals surface area contributed by atoms with E-state index in [9.17, 15) is 31.1 Å². The van der Waals surface area contributed by atoms with Gasteiger partial charge in [0.1, 0.15) is 0 Å². The predicted molar refractivity (Wildman–Crippen MR) is 99.2 cm³/mol. The third kappa shape index (κ3) is 6.16. The molecule has 1 N–H and O–H groups in total. The monoisotopic (exact) mass is 435 g/mol. The van der Waals surface area contributed by atoms with Gasteiger partial charge in [-0.1, -0.05) is 50.2 Å². The Morgan fingerprint density at radius 3 is 1.86 bits per heavy atom. The Bertz CT molecular complexity index is 814. The molecule has 0 bridgehead atoms. The quantitative estimate of drug-likeness (QED) is 0.435. The van der Waals surface area contributed by atoms with Gasteiger partial charge < -0.3 is 5.32 Å². The van der Waals surface area contributed by atoms with Gasteiger partial charge in [0.25, 0.3) is 0 Å². The largest absolute Gasteiger partial charge is 0.417 e. The van der Waals surface area contributed by atoms with Crippen LogP contribution < -0.4 is 5.32 Å². The Balaban J connectivity index is 2.19. The molecular formula is C20H19F6NOS. The number of benzene rings is 2. The first-order valence-corrected chi connectivity index (χ1v) is 9.53. The molecule has 0 saturated heterocycles. The Labute approximate surface area is 168 Å². The molecule has 0 unspecified atom stereocenters. The first kappa shape index (κ1) is 23.1. The van der Waals surface area contributed by atoms with Gasteiger partial charge >= 0.3 is 12.4 Å². The van der Waals surface area contributed by atoms with Crippen molar-refractivity contribution < 1.29 is 31.1 Å². The standard InChI is InChI=1S/C20H19F6NOS/c1-18(2,17(28)27-11-13-7-4-3-5-8-13)12-29-16-14(19(21,22)23)9-6-10-15(16)20(24,25)26/h3-10H,11-12H2,1-2H3,(H,27,28). The smallest absolute Gasteiger partial charge is 0.352 e. The van der Waals surface area contributed by atoms with Crippen LogP contribution in [0.1, 0.15) is 30.5 Å². The zero-order chi connectivity index (χ0) is 21.9. The molecule has 29 heavy (non-hydrogen) atoms. The lowest BCUT2D eigenvalue weighted by Gasteiger charge is -2.25. The zero-order valence-corrected chi connectivity index (χ0v) is 16.4. The average molecular weight is 435 g/mol. The lowest BCUT2D eigenvalue weighted by atomic mass is 9.95. The molecule has 0 aliphatic heterocycles. The summed E-state index contributed by atoms with van der Waals surface area (Å²) in [4.78, 5) is 11.5. The van der Waals surface area contributed by atoms with E-state index in [1.165, 1.54) is 13.8 Å². The van der Waals surface area contributed by atoms with Crippen molar-refractivity contribution in [3.8, 4) is 0 Å². The maximum atomic E-state index is 13.2. The van der Waals surface area contributed by atoms with Crippen LogP contribution in [0.15, 0.2) is 53.4 Å². The second-order valence-corrected chi connectivity index (χ2v) is 8.00. The fraction of sp³-hybridized carbons (Fsp3) is 0.350. The van der Waals surface area contributed by atoms with E-state index in [-0.39, 0.29) is 12.3 Å². The molecule has 2 aromatic carbocycles. The number of alkyl halides is 6. The summed E-state index contributed by atoms with van der Waals surface area (Å²) in [6.07, 6.45) is -9.88. The molecule has 2 nitrogen and oxygen atoms in total. The molecular weight excluding hydrogens is 416 g/mol. The van der Waals surface area contributed by atoms with E-state index < -0.39 is 39.7 Å². The molecule has 2 rings (SSSR count). The van der Waals surface area contributed by atoms with Crippen LogP contribution in [0.2, 0.25) is 0 Å². The molecule has 0 fully saturated rings. The fourth-order valence-corrected chi connectivity index (χ4v) is 3.79. The highest BCUT2D eigenvalue weighted by Crippen LogP contribution is 2.45. The van der Waals surface area contributed by atoms with Crippen LogP contribution in [0.5, 0.6) is 0 Å². The van der Waals surface area contributed by atoms with Crippen LogP contribution >= 0.6 is 11.8 Å². The second kappa shape index (κ2) is 8.69. The van der Waals surface area contributed by atoms with Crippen molar-refractivity contribution in [1.82, 2.24) is 5.32 Å². The molecule has 0 aliphatic carbocycles. The van der Waals surface area contributed by atoms with Crippen LogP contribution in [0.25, 0.3) is 0 Å². The summed E-state index contributed by atoms with van der Waals surface area (Å²) < 4.78 is 79.5. The van der Waals surface area contributed by atoms with E-state index in [4.69, 9.17) is 0 Å². The van der Waals surface area contributed by atoms with Crippen LogP contribution in [-0.2, 0) is 23.7 Å². The molecule has 2 aromatic rings. The van der Waals surface area contributed by atoms with Gasteiger partial charge in [0.2, 0.25) is 5.91 Å². The second-order valence-electron chi connectivity index (χ2n) is 7.02. The minimum Gasteiger partial charge on any atom is -0.352 e. The molecule has 0 radical (unpaired) electrons. The molecule has 0 aromatic heterocycles. The highest BCUT2D eigenvalue weighted by atomic mass is 32.2. The van der Waals surface area contributed by atoms with Gasteiger partial charge in [-0.3, -0.25) is 4.79 Å². The van der Waals surface area contributed by atoms with Gasteiger partial charge in [0.05, 0.1) is 16.5 Å². The van der Waals surface area contributed by atoms with Crippen LogP contribution in [-0.4, -0.2) is 11.7 Å². The van der Waals surface area contributed by atoms with E-state index in [0.29, 0.717) is 23.9 Å². The first-order chi connectivity index (χ1) is 13.3. The SMILES string of the molecule is CC(C)(CSc1c(C(F)(F)F)cccc1C(F)(F)F)C(=O)NCc1ccccc1. The van der Waals surface area contributed by atoms with E-state index in [2.05, 4.69) is 5.32 Å². The molecule has 158 valence electrons. The predicted octanol–water partition coefficient (Wildman–Crippen LogP) is 6.16. The number of rotatable bonds is 6. The summed E-state index contributed by atoms with van der Waals surface area (Å²) in [6, 6.07) is 10.9. The summed E-state index contributed by atoms with van der Waals surface area (Å²) in [6.45, 7) is 3.16. The normalized spacial score (nSPS) is 12.7. The van der Waals surface area contributed by atoms with E-state index in [0.717, 1.165) is 11.6 Å². The van der Waals surface area contributed by atoms with Crippen LogP contribution in [0.4, 0.5) is 26.3 Å². The number of hydrogen-bond acceptors (Lipinski definition) is 2. The van der Waals surface area contributed by atoms with Crippen LogP contribution in [0, 0.1) is 5.41 Å². The highest BCUT2D eigenvalue weighted by molar-refractivity contribution is 7.99. The average Bonchev–Trinajstić information content (AvgIpc) is 2.63. The highest BCUT2D eigenvalue weighted by Gasteiger charge is 2.41. The molecule has 9 heteroatoms. The maximum absolute atomic E-state index is 13.2. The lowest BCUT2D eigenvalue weighted by Crippen LogP contribution is -2.38. The number of hydrogen-bond donors (Lipinski definition) is 1. The van der Waals surface area contributed by atoms with Crippen molar-refractivity contribution in [2.75, 3.05) is 5.75 Å². The number of halogens is 6. The Kier molecular flexibility index (Phi) is 6.93. The van der Waals surface area contributed by atoms with Crippen molar-refractivity contribution in [3.63, 3.8) is 0 Å². The number of thioether (sulfide) groups is 1. The van der Waals surface area contributed by atoms with Gasteiger partial charge in [0.15, 0.2) is 0 Å². The number of nitrogens with one attached hydrogen (secondary N) is 1. The summed E-state index contributed by atoms with van der Waals surface area (Å²) in [5.74, 6) is -0.726. The van der Waals surface area contributed by atoms with Crippen molar-refractivity contribution in [3.05, 3.63) is 65.2 Å². The summed E-state index contributed by atoms with van der Waals surface area (Å²) in [5.41, 5.74) is -3.09. The van der Waals surface area contributed by atoms with Gasteiger partial charge in [-0.05, 0) is 17.7 Å². The summed E-state index contributed by atoms with van der Waals surface area (Å²) in [7, 11) is 0. The molecule has 1 amide bonds. The van der Waals surface area contributed by atoms with Crippen LogP contribution in [0.3, 0.4) is 0 Å². The van der Waals surface area contributed by atoms with Crippen molar-refractivity contribution >= 4 is 17.7 Å². The molecule has 0 atom stereocenters. The Morgan fingerprint density at radius 1 is 0.862 bits per heavy atom. The summed E-state index contributed by atoms with van der Waals surface area (Å²) >= 11 is 0.384. The van der Waals surface area contributed by atoms with E-state index in [1.807, 2.05) is 6.07 Å². The third-order valence-electron chi connectivity index (χ3n) is 4.11. The van der Waals surface area contributed by atoms with E-state index >= 15 is 0 Å². The molecule has 0 saturated carbocycles. The third-order valence-corrected chi connectivity index (χ3v) is 5.71. The lowest BCUT2D eigenvalue weighted by molar-refractivity contribution is -0.147. The van der Waals surface area contributed by atoms with Gasteiger partial charge in [0, 0.05) is 17.2 Å². The minimum absolute atomic E-state index is 0.209. The van der Waals surface area contributed by atoms with Gasteiger partial charge in [-0.2, -0.15) is 26.3 Å². The Morgan fingerprint density at radius 2 is 1.38 bits per heavy atom. The van der Waals surface area contributed by atoms with Crippen molar-refractivity contribution in [2.24, 2.45) is 5.41 Å². The molecule has 0 aliphatic rings. The maximum Gasteiger partial charge on any atom is 0.417 e. The summed E-state index contributed by atoms with van der Waals surface area (Å²) in [5, 5.41) is 2.67. The molecule has 0 spiro atoms. The van der Waals surface area contributed by atoms with Gasteiger partial charge in [-0.15, -0.1) is 11.8 Å². The van der Waals surface area contributed by atoms with Crippen molar-refractivity contribution in [2.45, 2.75) is 37.6 Å². The molecule has 0 heterocycles. The number of carbonyl (C=O) groups excluding carboxylic acids is 1. The Hall–Kier alpha value is -2.16. The number of carbonyl (C=O) groups is 1. The topological polar surface area (TPSA) is 29.1 Å². The van der Waals surface area contributed by atoms with E-state index in [1.54, 1.807) is 24.3 Å². The van der Waals surface area contributed by atoms with Gasteiger partial charge in [-0.25, -0.2) is 0 Å². The zero-order valence-electron chi connectivity index (χ0n) is 15.6. The van der Waals surface area contributed by atoms with Crippen molar-refractivity contribution in [1.29, 1.82) is 0 Å². The first-order valence-electron chi connectivity index (χ1n) is 8.55.